The van der Waals surface area contributed by atoms with Gasteiger partial charge in [0.2, 0.25) is 0 Å². The first-order valence-electron chi connectivity index (χ1n) is 5.01. The maximum atomic E-state index is 11.2. The molecule has 0 saturated carbocycles. The third-order valence-corrected chi connectivity index (χ3v) is 2.20. The molecular formula is C10H16O4. The van der Waals surface area contributed by atoms with E-state index in [0.717, 1.165) is 12.8 Å². The Morgan fingerprint density at radius 1 is 1.36 bits per heavy atom. The number of carbonyl (C=O) groups excluding carboxylic acids is 2. The summed E-state index contributed by atoms with van der Waals surface area (Å²) in [6.07, 6.45) is 1.73. The molecule has 1 rings (SSSR count). The normalized spacial score (nSPS) is 17.8. The predicted octanol–water partition coefficient (Wildman–Crippen LogP) is 1.08. The minimum absolute atomic E-state index is 0.0547. The lowest BCUT2D eigenvalue weighted by Crippen LogP contribution is -2.26. The van der Waals surface area contributed by atoms with Gasteiger partial charge in [-0.25, -0.2) is 0 Å². The lowest BCUT2D eigenvalue weighted by atomic mass is 10.1. The van der Waals surface area contributed by atoms with Crippen LogP contribution in [-0.4, -0.2) is 31.1 Å². The van der Waals surface area contributed by atoms with Crippen LogP contribution >= 0.6 is 0 Å². The van der Waals surface area contributed by atoms with E-state index in [9.17, 15) is 9.59 Å². The van der Waals surface area contributed by atoms with Crippen LogP contribution < -0.4 is 0 Å². The average molecular weight is 200 g/mol. The van der Waals surface area contributed by atoms with E-state index in [1.165, 1.54) is 0 Å². The molecule has 4 heteroatoms. The molecule has 1 aliphatic rings. The zero-order valence-electron chi connectivity index (χ0n) is 8.45. The molecule has 1 heterocycles. The van der Waals surface area contributed by atoms with E-state index < -0.39 is 5.97 Å². The van der Waals surface area contributed by atoms with Gasteiger partial charge in [0.05, 0.1) is 13.2 Å². The Morgan fingerprint density at radius 3 is 2.57 bits per heavy atom. The molecule has 0 bridgehead atoms. The molecule has 1 aliphatic heterocycles. The van der Waals surface area contributed by atoms with Crippen molar-refractivity contribution in [2.45, 2.75) is 38.7 Å². The van der Waals surface area contributed by atoms with Crippen molar-refractivity contribution in [2.24, 2.45) is 0 Å². The molecule has 80 valence electrons. The molecule has 0 amide bonds. The smallest absolute Gasteiger partial charge is 0.313 e. The van der Waals surface area contributed by atoms with E-state index in [-0.39, 0.29) is 18.3 Å². The van der Waals surface area contributed by atoms with E-state index in [1.807, 2.05) is 0 Å². The molecule has 0 aliphatic carbocycles. The number of ketones is 1. The monoisotopic (exact) mass is 200 g/mol. The molecule has 0 radical (unpaired) electrons. The highest BCUT2D eigenvalue weighted by Gasteiger charge is 2.19. The number of carbonyl (C=O) groups is 2. The highest BCUT2D eigenvalue weighted by atomic mass is 16.6. The summed E-state index contributed by atoms with van der Waals surface area (Å²) in [5, 5.41) is 0. The number of hydrogen-bond donors (Lipinski definition) is 0. The minimum atomic E-state index is -0.399. The van der Waals surface area contributed by atoms with Crippen molar-refractivity contribution in [3.05, 3.63) is 0 Å². The topological polar surface area (TPSA) is 52.6 Å². The number of Topliss-reactive ketones (excluding diaryl/α,β-unsaturated/α-hetero) is 1. The molecular weight excluding hydrogens is 184 g/mol. The fraction of sp³-hybridized carbons (Fsp3) is 0.800. The Balaban J connectivity index is 2.21. The van der Waals surface area contributed by atoms with Gasteiger partial charge in [-0.05, 0) is 0 Å². The van der Waals surface area contributed by atoms with Crippen LogP contribution in [0.2, 0.25) is 0 Å². The Kier molecular flexibility index (Phi) is 4.59. The molecule has 14 heavy (non-hydrogen) atoms. The fourth-order valence-corrected chi connectivity index (χ4v) is 1.31. The number of hydrogen-bond acceptors (Lipinski definition) is 4. The average Bonchev–Trinajstić information content (AvgIpc) is 2.19. The predicted molar refractivity (Wildman–Crippen MR) is 49.8 cm³/mol. The number of rotatable bonds is 4. The van der Waals surface area contributed by atoms with E-state index in [0.29, 0.717) is 19.6 Å². The summed E-state index contributed by atoms with van der Waals surface area (Å²) in [7, 11) is 0. The molecule has 0 N–H and O–H groups in total. The van der Waals surface area contributed by atoms with Gasteiger partial charge >= 0.3 is 5.97 Å². The van der Waals surface area contributed by atoms with Crippen molar-refractivity contribution in [3.63, 3.8) is 0 Å². The Hall–Kier alpha value is -0.900. The summed E-state index contributed by atoms with van der Waals surface area (Å²) < 4.78 is 10.2. The molecule has 0 aromatic carbocycles. The molecule has 0 atom stereocenters. The Bertz CT molecular complexity index is 206. The summed E-state index contributed by atoms with van der Waals surface area (Å²) in [4.78, 5) is 22.1. The van der Waals surface area contributed by atoms with Crippen LogP contribution in [-0.2, 0) is 19.1 Å². The first-order chi connectivity index (χ1) is 6.72. The molecule has 0 aromatic heterocycles. The van der Waals surface area contributed by atoms with Crippen molar-refractivity contribution in [1.82, 2.24) is 0 Å². The minimum Gasteiger partial charge on any atom is -0.462 e. The largest absolute Gasteiger partial charge is 0.462 e. The highest BCUT2D eigenvalue weighted by Crippen LogP contribution is 2.11. The summed E-state index contributed by atoms with van der Waals surface area (Å²) in [6.45, 7) is 3.02. The summed E-state index contributed by atoms with van der Waals surface area (Å²) >= 11 is 0. The SMILES string of the molecule is CCC(=O)CC(=O)OC1CCOCC1. The fourth-order valence-electron chi connectivity index (χ4n) is 1.31. The van der Waals surface area contributed by atoms with E-state index in [2.05, 4.69) is 0 Å². The maximum absolute atomic E-state index is 11.2. The summed E-state index contributed by atoms with van der Waals surface area (Å²) in [6, 6.07) is 0. The lowest BCUT2D eigenvalue weighted by molar-refractivity contribution is -0.154. The standard InChI is InChI=1S/C10H16O4/c1-2-8(11)7-10(12)14-9-3-5-13-6-4-9/h9H,2-7H2,1H3. The number of esters is 1. The van der Waals surface area contributed by atoms with Gasteiger partial charge in [-0.1, -0.05) is 6.92 Å². The zero-order chi connectivity index (χ0) is 10.4. The molecule has 1 saturated heterocycles. The second-order valence-corrected chi connectivity index (χ2v) is 3.37. The van der Waals surface area contributed by atoms with Crippen LogP contribution in [0.3, 0.4) is 0 Å². The lowest BCUT2D eigenvalue weighted by Gasteiger charge is -2.21. The van der Waals surface area contributed by atoms with E-state index >= 15 is 0 Å². The molecule has 4 nitrogen and oxygen atoms in total. The van der Waals surface area contributed by atoms with Crippen molar-refractivity contribution in [1.29, 1.82) is 0 Å². The molecule has 0 unspecified atom stereocenters. The number of ether oxygens (including phenoxy) is 2. The van der Waals surface area contributed by atoms with Gasteiger partial charge in [0, 0.05) is 19.3 Å². The Labute approximate surface area is 83.6 Å². The van der Waals surface area contributed by atoms with E-state index in [1.54, 1.807) is 6.92 Å². The summed E-state index contributed by atoms with van der Waals surface area (Å²) in [5.74, 6) is -0.467. The van der Waals surface area contributed by atoms with Gasteiger partial charge in [-0.2, -0.15) is 0 Å². The Morgan fingerprint density at radius 2 is 2.00 bits per heavy atom. The van der Waals surface area contributed by atoms with Gasteiger partial charge < -0.3 is 9.47 Å². The van der Waals surface area contributed by atoms with Crippen molar-refractivity contribution in [3.8, 4) is 0 Å². The van der Waals surface area contributed by atoms with Gasteiger partial charge in [0.25, 0.3) is 0 Å². The van der Waals surface area contributed by atoms with Crippen LogP contribution in [0.4, 0.5) is 0 Å². The van der Waals surface area contributed by atoms with Gasteiger partial charge in [0.15, 0.2) is 0 Å². The van der Waals surface area contributed by atoms with Crippen LogP contribution in [0.5, 0.6) is 0 Å². The molecule has 1 fully saturated rings. The third kappa shape index (κ3) is 3.87. The first kappa shape index (κ1) is 11.2. The van der Waals surface area contributed by atoms with Gasteiger partial charge in [-0.15, -0.1) is 0 Å². The van der Waals surface area contributed by atoms with Crippen molar-refractivity contribution < 1.29 is 19.1 Å². The van der Waals surface area contributed by atoms with Crippen molar-refractivity contribution >= 4 is 11.8 Å². The second kappa shape index (κ2) is 5.75. The first-order valence-corrected chi connectivity index (χ1v) is 5.01. The highest BCUT2D eigenvalue weighted by molar-refractivity contribution is 5.95. The van der Waals surface area contributed by atoms with Crippen LogP contribution in [0.1, 0.15) is 32.6 Å². The van der Waals surface area contributed by atoms with Crippen LogP contribution in [0.25, 0.3) is 0 Å². The summed E-state index contributed by atoms with van der Waals surface area (Å²) in [5.41, 5.74) is 0. The molecule has 0 spiro atoms. The van der Waals surface area contributed by atoms with Crippen LogP contribution in [0.15, 0.2) is 0 Å². The maximum Gasteiger partial charge on any atom is 0.313 e. The van der Waals surface area contributed by atoms with Crippen molar-refractivity contribution in [2.75, 3.05) is 13.2 Å². The van der Waals surface area contributed by atoms with E-state index in [4.69, 9.17) is 9.47 Å². The quantitative estimate of drug-likeness (QED) is 0.503. The second-order valence-electron chi connectivity index (χ2n) is 3.37. The van der Waals surface area contributed by atoms with Gasteiger partial charge in [0.1, 0.15) is 18.3 Å². The van der Waals surface area contributed by atoms with Gasteiger partial charge in [-0.3, -0.25) is 9.59 Å². The molecule has 0 aromatic rings. The zero-order valence-corrected chi connectivity index (χ0v) is 8.45. The van der Waals surface area contributed by atoms with Crippen LogP contribution in [0, 0.1) is 0 Å². The third-order valence-electron chi connectivity index (χ3n) is 2.20.